The summed E-state index contributed by atoms with van der Waals surface area (Å²) in [7, 11) is 0. The first-order chi connectivity index (χ1) is 9.91. The van der Waals surface area contributed by atoms with Gasteiger partial charge in [0.05, 0.1) is 17.3 Å². The van der Waals surface area contributed by atoms with E-state index in [0.717, 1.165) is 23.4 Å². The fourth-order valence-corrected chi connectivity index (χ4v) is 2.10. The summed E-state index contributed by atoms with van der Waals surface area (Å²) < 4.78 is 37.8. The number of hydrogen-bond acceptors (Lipinski definition) is 3. The van der Waals surface area contributed by atoms with Gasteiger partial charge >= 0.3 is 6.18 Å². The standard InChI is InChI=1S/C15H16F3N3/c1-3-19-14(13-8-9-20-10(2)21-13)11-4-6-12(7-5-11)15(16,17)18/h4-9,14,19H,3H2,1-2H3. The molecule has 0 aliphatic rings. The van der Waals surface area contributed by atoms with Gasteiger partial charge in [0.1, 0.15) is 5.82 Å². The minimum atomic E-state index is -4.32. The van der Waals surface area contributed by atoms with Gasteiger partial charge in [-0.3, -0.25) is 0 Å². The van der Waals surface area contributed by atoms with E-state index < -0.39 is 11.7 Å². The van der Waals surface area contributed by atoms with Crippen LogP contribution in [0.5, 0.6) is 0 Å². The molecule has 1 atom stereocenters. The molecule has 0 radical (unpaired) electrons. The summed E-state index contributed by atoms with van der Waals surface area (Å²) >= 11 is 0. The Hall–Kier alpha value is -1.95. The Kier molecular flexibility index (Phi) is 4.57. The third-order valence-electron chi connectivity index (χ3n) is 3.07. The average molecular weight is 295 g/mol. The quantitative estimate of drug-likeness (QED) is 0.938. The molecule has 6 heteroatoms. The highest BCUT2D eigenvalue weighted by Gasteiger charge is 2.30. The van der Waals surface area contributed by atoms with E-state index in [0.29, 0.717) is 12.4 Å². The minimum Gasteiger partial charge on any atom is -0.305 e. The molecule has 0 saturated heterocycles. The van der Waals surface area contributed by atoms with Crippen molar-refractivity contribution in [2.75, 3.05) is 6.54 Å². The van der Waals surface area contributed by atoms with Gasteiger partial charge in [-0.05, 0) is 37.2 Å². The first-order valence-corrected chi connectivity index (χ1v) is 6.62. The maximum Gasteiger partial charge on any atom is 0.416 e. The molecule has 112 valence electrons. The lowest BCUT2D eigenvalue weighted by molar-refractivity contribution is -0.137. The smallest absolute Gasteiger partial charge is 0.305 e. The van der Waals surface area contributed by atoms with Gasteiger partial charge in [0.15, 0.2) is 0 Å². The van der Waals surface area contributed by atoms with Gasteiger partial charge < -0.3 is 5.32 Å². The molecule has 0 saturated carbocycles. The van der Waals surface area contributed by atoms with Crippen molar-refractivity contribution >= 4 is 0 Å². The number of hydrogen-bond donors (Lipinski definition) is 1. The zero-order valence-electron chi connectivity index (χ0n) is 11.8. The molecule has 1 aromatic carbocycles. The highest BCUT2D eigenvalue weighted by Crippen LogP contribution is 2.30. The zero-order chi connectivity index (χ0) is 15.5. The van der Waals surface area contributed by atoms with Gasteiger partial charge in [0, 0.05) is 6.20 Å². The molecule has 1 N–H and O–H groups in total. The summed E-state index contributed by atoms with van der Waals surface area (Å²) in [5.74, 6) is 0.627. The second-order valence-electron chi connectivity index (χ2n) is 4.64. The summed E-state index contributed by atoms with van der Waals surface area (Å²) in [6.45, 7) is 4.39. The van der Waals surface area contributed by atoms with E-state index in [2.05, 4.69) is 15.3 Å². The number of benzene rings is 1. The molecule has 2 aromatic rings. The highest BCUT2D eigenvalue weighted by atomic mass is 19.4. The van der Waals surface area contributed by atoms with Crippen LogP contribution in [0.1, 0.15) is 35.6 Å². The second-order valence-corrected chi connectivity index (χ2v) is 4.64. The van der Waals surface area contributed by atoms with Crippen molar-refractivity contribution in [1.29, 1.82) is 0 Å². The molecular weight excluding hydrogens is 279 g/mol. The largest absolute Gasteiger partial charge is 0.416 e. The first kappa shape index (κ1) is 15.4. The molecule has 1 aromatic heterocycles. The zero-order valence-corrected chi connectivity index (χ0v) is 11.8. The molecule has 0 aliphatic carbocycles. The molecule has 0 spiro atoms. The van der Waals surface area contributed by atoms with Crippen molar-refractivity contribution in [1.82, 2.24) is 15.3 Å². The lowest BCUT2D eigenvalue weighted by Gasteiger charge is -2.18. The maximum absolute atomic E-state index is 12.6. The van der Waals surface area contributed by atoms with Crippen LogP contribution in [0.25, 0.3) is 0 Å². The number of nitrogens with zero attached hydrogens (tertiary/aromatic N) is 2. The van der Waals surface area contributed by atoms with Crippen molar-refractivity contribution < 1.29 is 13.2 Å². The molecule has 0 amide bonds. The lowest BCUT2D eigenvalue weighted by atomic mass is 10.0. The Morgan fingerprint density at radius 2 is 1.81 bits per heavy atom. The van der Waals surface area contributed by atoms with E-state index in [1.54, 1.807) is 19.2 Å². The van der Waals surface area contributed by atoms with Crippen LogP contribution >= 0.6 is 0 Å². The molecule has 2 rings (SSSR count). The van der Waals surface area contributed by atoms with E-state index in [-0.39, 0.29) is 6.04 Å². The monoisotopic (exact) mass is 295 g/mol. The molecule has 21 heavy (non-hydrogen) atoms. The Balaban J connectivity index is 2.34. The normalized spacial score (nSPS) is 13.2. The average Bonchev–Trinajstić information content (AvgIpc) is 2.44. The molecule has 0 aliphatic heterocycles. The van der Waals surface area contributed by atoms with Gasteiger partial charge in [-0.2, -0.15) is 13.2 Å². The van der Waals surface area contributed by atoms with Crippen molar-refractivity contribution in [2.45, 2.75) is 26.1 Å². The van der Waals surface area contributed by atoms with Crippen molar-refractivity contribution in [3.8, 4) is 0 Å². The maximum atomic E-state index is 12.6. The van der Waals surface area contributed by atoms with Crippen LogP contribution in [0.4, 0.5) is 13.2 Å². The van der Waals surface area contributed by atoms with Crippen molar-refractivity contribution in [2.24, 2.45) is 0 Å². The van der Waals surface area contributed by atoms with E-state index >= 15 is 0 Å². The number of aromatic nitrogens is 2. The predicted molar refractivity (Wildman–Crippen MR) is 73.7 cm³/mol. The third-order valence-corrected chi connectivity index (χ3v) is 3.07. The molecule has 3 nitrogen and oxygen atoms in total. The van der Waals surface area contributed by atoms with Gasteiger partial charge in [0.25, 0.3) is 0 Å². The van der Waals surface area contributed by atoms with Crippen molar-refractivity contribution in [3.05, 3.63) is 59.2 Å². The summed E-state index contributed by atoms with van der Waals surface area (Å²) in [6, 6.07) is 6.65. The summed E-state index contributed by atoms with van der Waals surface area (Å²) in [4.78, 5) is 8.38. The van der Waals surface area contributed by atoms with Crippen LogP contribution in [-0.2, 0) is 6.18 Å². The molecular formula is C15H16F3N3. The first-order valence-electron chi connectivity index (χ1n) is 6.62. The van der Waals surface area contributed by atoms with Gasteiger partial charge in [-0.1, -0.05) is 19.1 Å². The number of halogens is 3. The van der Waals surface area contributed by atoms with Crippen LogP contribution in [0, 0.1) is 6.92 Å². The number of rotatable bonds is 4. The molecule has 0 fully saturated rings. The van der Waals surface area contributed by atoms with Gasteiger partial charge in [-0.25, -0.2) is 9.97 Å². The fourth-order valence-electron chi connectivity index (χ4n) is 2.10. The second kappa shape index (κ2) is 6.22. The summed E-state index contributed by atoms with van der Waals surface area (Å²) in [5.41, 5.74) is 0.826. The topological polar surface area (TPSA) is 37.8 Å². The Morgan fingerprint density at radius 3 is 2.33 bits per heavy atom. The Morgan fingerprint density at radius 1 is 1.14 bits per heavy atom. The molecule has 1 heterocycles. The molecule has 0 bridgehead atoms. The third kappa shape index (κ3) is 3.78. The number of aryl methyl sites for hydroxylation is 1. The van der Waals surface area contributed by atoms with Crippen LogP contribution in [0.3, 0.4) is 0 Å². The number of alkyl halides is 3. The van der Waals surface area contributed by atoms with Crippen LogP contribution in [-0.4, -0.2) is 16.5 Å². The molecule has 1 unspecified atom stereocenters. The van der Waals surface area contributed by atoms with E-state index in [9.17, 15) is 13.2 Å². The Labute approximate surface area is 121 Å². The Bertz CT molecular complexity index is 594. The van der Waals surface area contributed by atoms with Crippen LogP contribution < -0.4 is 5.32 Å². The van der Waals surface area contributed by atoms with Crippen molar-refractivity contribution in [3.63, 3.8) is 0 Å². The van der Waals surface area contributed by atoms with Crippen LogP contribution in [0.15, 0.2) is 36.5 Å². The van der Waals surface area contributed by atoms with E-state index in [1.807, 2.05) is 6.92 Å². The SMILES string of the molecule is CCNC(c1ccc(C(F)(F)F)cc1)c1ccnc(C)n1. The highest BCUT2D eigenvalue weighted by molar-refractivity contribution is 5.31. The predicted octanol–water partition coefficient (Wildman–Crippen LogP) is 3.50. The van der Waals surface area contributed by atoms with E-state index in [1.165, 1.54) is 12.1 Å². The minimum absolute atomic E-state index is 0.251. The van der Waals surface area contributed by atoms with Crippen LogP contribution in [0.2, 0.25) is 0 Å². The van der Waals surface area contributed by atoms with E-state index in [4.69, 9.17) is 0 Å². The van der Waals surface area contributed by atoms with Gasteiger partial charge in [-0.15, -0.1) is 0 Å². The summed E-state index contributed by atoms with van der Waals surface area (Å²) in [5, 5.41) is 3.23. The lowest BCUT2D eigenvalue weighted by Crippen LogP contribution is -2.23. The summed E-state index contributed by atoms with van der Waals surface area (Å²) in [6.07, 6.45) is -2.68. The number of nitrogens with one attached hydrogen (secondary N) is 1. The van der Waals surface area contributed by atoms with Gasteiger partial charge in [0.2, 0.25) is 0 Å². The fraction of sp³-hybridized carbons (Fsp3) is 0.333.